The minimum Gasteiger partial charge on any atom is -0.450 e. The predicted molar refractivity (Wildman–Crippen MR) is 70.8 cm³/mol. The number of anilines is 1. The van der Waals surface area contributed by atoms with Crippen LogP contribution in [0, 0.1) is 0 Å². The standard InChI is InChI=1S/C11H10N2OS2/c1-13-8-5-3-2-4-7(8)11(9(13)15)6-12-10(16)14-11/h2-5H,6H2,1H3,(H,12,16). The van der Waals surface area contributed by atoms with Crippen LogP contribution in [0.1, 0.15) is 5.56 Å². The lowest BCUT2D eigenvalue weighted by Crippen LogP contribution is -2.40. The zero-order chi connectivity index (χ0) is 11.3. The van der Waals surface area contributed by atoms with E-state index in [-0.39, 0.29) is 0 Å². The van der Waals surface area contributed by atoms with Crippen molar-refractivity contribution in [2.75, 3.05) is 18.5 Å². The second-order valence-electron chi connectivity index (χ2n) is 3.95. The van der Waals surface area contributed by atoms with Gasteiger partial charge in [-0.2, -0.15) is 0 Å². The number of nitrogens with zero attached hydrogens (tertiary/aromatic N) is 1. The van der Waals surface area contributed by atoms with Crippen molar-refractivity contribution in [1.29, 1.82) is 0 Å². The van der Waals surface area contributed by atoms with Crippen molar-refractivity contribution in [2.45, 2.75) is 5.60 Å². The summed E-state index contributed by atoms with van der Waals surface area (Å²) in [5.41, 5.74) is 1.62. The van der Waals surface area contributed by atoms with Crippen LogP contribution < -0.4 is 10.2 Å². The van der Waals surface area contributed by atoms with Gasteiger partial charge in [-0.15, -0.1) is 0 Å². The second-order valence-corrected chi connectivity index (χ2v) is 4.71. The van der Waals surface area contributed by atoms with Gasteiger partial charge in [-0.05, 0) is 18.3 Å². The molecule has 1 aromatic rings. The van der Waals surface area contributed by atoms with Crippen LogP contribution in [0.4, 0.5) is 5.69 Å². The van der Waals surface area contributed by atoms with Crippen LogP contribution in [-0.2, 0) is 10.3 Å². The van der Waals surface area contributed by atoms with Crippen molar-refractivity contribution in [3.8, 4) is 0 Å². The number of ether oxygens (including phenoxy) is 1. The van der Waals surface area contributed by atoms with Crippen LogP contribution in [0.5, 0.6) is 0 Å². The van der Waals surface area contributed by atoms with Gasteiger partial charge in [0.1, 0.15) is 4.99 Å². The molecule has 82 valence electrons. The summed E-state index contributed by atoms with van der Waals surface area (Å²) < 4.78 is 5.76. The Kier molecular flexibility index (Phi) is 1.96. The van der Waals surface area contributed by atoms with Gasteiger partial charge in [0.05, 0.1) is 6.54 Å². The molecule has 0 aliphatic carbocycles. The molecule has 1 aromatic carbocycles. The van der Waals surface area contributed by atoms with Crippen LogP contribution >= 0.6 is 24.4 Å². The van der Waals surface area contributed by atoms with Gasteiger partial charge < -0.3 is 15.0 Å². The summed E-state index contributed by atoms with van der Waals surface area (Å²) in [6.07, 6.45) is 0. The molecule has 1 fully saturated rings. The molecule has 0 saturated carbocycles. The molecule has 1 saturated heterocycles. The zero-order valence-electron chi connectivity index (χ0n) is 8.69. The molecule has 3 rings (SSSR count). The Morgan fingerprint density at radius 2 is 2.12 bits per heavy atom. The lowest BCUT2D eigenvalue weighted by molar-refractivity contribution is 0.181. The van der Waals surface area contributed by atoms with E-state index in [4.69, 9.17) is 29.2 Å². The Labute approximate surface area is 104 Å². The number of hydrogen-bond donors (Lipinski definition) is 1. The maximum absolute atomic E-state index is 5.76. The fourth-order valence-electron chi connectivity index (χ4n) is 2.30. The lowest BCUT2D eigenvalue weighted by Gasteiger charge is -2.22. The first kappa shape index (κ1) is 9.99. The lowest BCUT2D eigenvalue weighted by atomic mass is 9.96. The Morgan fingerprint density at radius 1 is 1.38 bits per heavy atom. The number of rotatable bonds is 0. The van der Waals surface area contributed by atoms with Gasteiger partial charge in [-0.3, -0.25) is 0 Å². The van der Waals surface area contributed by atoms with Gasteiger partial charge in [0.25, 0.3) is 5.17 Å². The molecular formula is C11H10N2OS2. The molecule has 2 aliphatic heterocycles. The van der Waals surface area contributed by atoms with Crippen molar-refractivity contribution in [3.05, 3.63) is 29.8 Å². The third-order valence-electron chi connectivity index (χ3n) is 3.10. The molecule has 0 aromatic heterocycles. The van der Waals surface area contributed by atoms with Crippen molar-refractivity contribution >= 4 is 40.3 Å². The van der Waals surface area contributed by atoms with Gasteiger partial charge in [-0.1, -0.05) is 30.4 Å². The van der Waals surface area contributed by atoms with Crippen molar-refractivity contribution in [3.63, 3.8) is 0 Å². The number of nitrogens with one attached hydrogen (secondary N) is 1. The van der Waals surface area contributed by atoms with Crippen LogP contribution in [0.25, 0.3) is 0 Å². The average Bonchev–Trinajstić information content (AvgIpc) is 2.78. The summed E-state index contributed by atoms with van der Waals surface area (Å²) in [7, 11) is 1.96. The highest BCUT2D eigenvalue weighted by atomic mass is 32.1. The van der Waals surface area contributed by atoms with Gasteiger partial charge >= 0.3 is 0 Å². The van der Waals surface area contributed by atoms with Gasteiger partial charge in [0.2, 0.25) is 5.60 Å². The molecule has 0 bridgehead atoms. The maximum atomic E-state index is 5.76. The normalized spacial score (nSPS) is 26.9. The van der Waals surface area contributed by atoms with E-state index in [1.165, 1.54) is 0 Å². The molecule has 3 nitrogen and oxygen atoms in total. The largest absolute Gasteiger partial charge is 0.450 e. The molecule has 16 heavy (non-hydrogen) atoms. The predicted octanol–water partition coefficient (Wildman–Crippen LogP) is 1.56. The highest BCUT2D eigenvalue weighted by Gasteiger charge is 2.52. The molecule has 2 heterocycles. The van der Waals surface area contributed by atoms with E-state index in [9.17, 15) is 0 Å². The highest BCUT2D eigenvalue weighted by molar-refractivity contribution is 7.81. The molecule has 2 aliphatic rings. The highest BCUT2D eigenvalue weighted by Crippen LogP contribution is 2.44. The number of para-hydroxylation sites is 1. The molecule has 1 unspecified atom stereocenters. The summed E-state index contributed by atoms with van der Waals surface area (Å²) in [6.45, 7) is 0.617. The fourth-order valence-corrected chi connectivity index (χ4v) is 2.84. The SMILES string of the molecule is CN1C(=S)C2(CNC(=S)O2)c2ccccc21. The quantitative estimate of drug-likeness (QED) is 0.705. The van der Waals surface area contributed by atoms with E-state index < -0.39 is 5.60 Å². The molecule has 1 N–H and O–H groups in total. The van der Waals surface area contributed by atoms with E-state index in [1.807, 2.05) is 36.2 Å². The number of fused-ring (bicyclic) bond motifs is 2. The molecule has 1 atom stereocenters. The number of hydrogen-bond acceptors (Lipinski definition) is 3. The van der Waals surface area contributed by atoms with Crippen molar-refractivity contribution < 1.29 is 4.74 Å². The summed E-state index contributed by atoms with van der Waals surface area (Å²) in [4.78, 5) is 2.75. The molecule has 0 amide bonds. The van der Waals surface area contributed by atoms with Gasteiger partial charge in [-0.25, -0.2) is 0 Å². The smallest absolute Gasteiger partial charge is 0.258 e. The number of benzene rings is 1. The molecule has 0 radical (unpaired) electrons. The maximum Gasteiger partial charge on any atom is 0.258 e. The minimum atomic E-state index is -0.572. The first-order valence-corrected chi connectivity index (χ1v) is 5.81. The van der Waals surface area contributed by atoms with Crippen molar-refractivity contribution in [1.82, 2.24) is 5.32 Å². The third-order valence-corrected chi connectivity index (χ3v) is 3.93. The monoisotopic (exact) mass is 250 g/mol. The van der Waals surface area contributed by atoms with Crippen LogP contribution in [0.2, 0.25) is 0 Å². The van der Waals surface area contributed by atoms with E-state index in [2.05, 4.69) is 5.32 Å². The Hall–Kier alpha value is -1.20. The van der Waals surface area contributed by atoms with Crippen LogP contribution in [0.15, 0.2) is 24.3 Å². The Morgan fingerprint density at radius 3 is 2.81 bits per heavy atom. The second kappa shape index (κ2) is 3.15. The number of likely N-dealkylation sites (N-methyl/N-ethyl adjacent to an activating group) is 1. The minimum absolute atomic E-state index is 0.424. The van der Waals surface area contributed by atoms with Gasteiger partial charge in [0.15, 0.2) is 0 Å². The van der Waals surface area contributed by atoms with E-state index in [0.717, 1.165) is 16.2 Å². The summed E-state index contributed by atoms with van der Waals surface area (Å²) in [5, 5.41) is 3.46. The van der Waals surface area contributed by atoms with Crippen LogP contribution in [-0.4, -0.2) is 23.8 Å². The van der Waals surface area contributed by atoms with Crippen molar-refractivity contribution in [2.24, 2.45) is 0 Å². The number of thiocarbonyl (C=S) groups is 2. The molecular weight excluding hydrogens is 240 g/mol. The molecule has 5 heteroatoms. The summed E-state index contributed by atoms with van der Waals surface area (Å²) >= 11 is 10.5. The zero-order valence-corrected chi connectivity index (χ0v) is 10.3. The third kappa shape index (κ3) is 1.07. The Balaban J connectivity index is 2.21. The molecule has 1 spiro atoms. The summed E-state index contributed by atoms with van der Waals surface area (Å²) in [6, 6.07) is 8.08. The van der Waals surface area contributed by atoms with Gasteiger partial charge in [0, 0.05) is 18.3 Å². The fraction of sp³-hybridized carbons (Fsp3) is 0.273. The van der Waals surface area contributed by atoms with E-state index in [0.29, 0.717) is 11.7 Å². The average molecular weight is 250 g/mol. The summed E-state index contributed by atoms with van der Waals surface area (Å²) in [5.74, 6) is 0. The van der Waals surface area contributed by atoms with Crippen LogP contribution in [0.3, 0.4) is 0 Å². The Bertz CT molecular complexity index is 503. The van der Waals surface area contributed by atoms with E-state index in [1.54, 1.807) is 0 Å². The first-order chi connectivity index (χ1) is 7.65. The first-order valence-electron chi connectivity index (χ1n) is 5.00. The topological polar surface area (TPSA) is 24.5 Å². The van der Waals surface area contributed by atoms with E-state index >= 15 is 0 Å².